The van der Waals surface area contributed by atoms with Gasteiger partial charge in [-0.1, -0.05) is 43.4 Å². The summed E-state index contributed by atoms with van der Waals surface area (Å²) in [4.78, 5) is 11.2. The molecule has 0 fully saturated rings. The first-order valence-corrected chi connectivity index (χ1v) is 12.5. The van der Waals surface area contributed by atoms with Crippen molar-refractivity contribution in [3.8, 4) is 11.3 Å². The van der Waals surface area contributed by atoms with Crippen molar-refractivity contribution in [2.24, 2.45) is 0 Å². The summed E-state index contributed by atoms with van der Waals surface area (Å²) in [5.74, 6) is 0. The highest BCUT2D eigenvalue weighted by atomic mass is 35.5. The minimum absolute atomic E-state index is 0.316. The van der Waals surface area contributed by atoms with E-state index in [2.05, 4.69) is 34.8 Å². The van der Waals surface area contributed by atoms with Crippen LogP contribution < -0.4 is 5.32 Å². The van der Waals surface area contributed by atoms with Crippen LogP contribution in [-0.2, 0) is 17.8 Å². The van der Waals surface area contributed by atoms with Crippen molar-refractivity contribution in [3.05, 3.63) is 41.0 Å². The second kappa shape index (κ2) is 8.54. The van der Waals surface area contributed by atoms with Gasteiger partial charge in [0.2, 0.25) is 0 Å². The topological polar surface area (TPSA) is 56.1 Å². The number of aryl methyl sites for hydroxylation is 1. The van der Waals surface area contributed by atoms with E-state index in [0.717, 1.165) is 29.8 Å². The normalized spacial score (nSPS) is 11.4. The second-order valence-corrected chi connectivity index (χ2v) is 13.3. The van der Waals surface area contributed by atoms with Crippen molar-refractivity contribution in [2.75, 3.05) is 7.11 Å². The molecule has 136 valence electrons. The van der Waals surface area contributed by atoms with Gasteiger partial charge in [0.25, 0.3) is 0 Å². The largest absolute Gasteiger partial charge is 0.453 e. The van der Waals surface area contributed by atoms with Crippen LogP contribution in [0.2, 0.25) is 30.7 Å². The van der Waals surface area contributed by atoms with Crippen LogP contribution >= 0.6 is 11.6 Å². The summed E-state index contributed by atoms with van der Waals surface area (Å²) in [6.45, 7) is 8.42. The van der Waals surface area contributed by atoms with Gasteiger partial charge in [-0.05, 0) is 30.2 Å². The Kier molecular flexibility index (Phi) is 6.67. The van der Waals surface area contributed by atoms with Crippen LogP contribution in [0.4, 0.5) is 4.79 Å². The van der Waals surface area contributed by atoms with E-state index in [1.54, 1.807) is 0 Å². The van der Waals surface area contributed by atoms with Crippen LogP contribution in [0, 0.1) is 0 Å². The summed E-state index contributed by atoms with van der Waals surface area (Å²) >= 11 is 6.21. The number of ether oxygens (including phenoxy) is 1. The summed E-state index contributed by atoms with van der Waals surface area (Å²) < 4.78 is 6.58. The summed E-state index contributed by atoms with van der Waals surface area (Å²) in [6, 6.07) is 9.03. The van der Waals surface area contributed by atoms with Crippen LogP contribution in [0.25, 0.3) is 11.3 Å². The summed E-state index contributed by atoms with van der Waals surface area (Å²) in [5.41, 5.74) is 2.72. The molecule has 0 atom stereocenters. The molecular formula is C18H26ClN3O2Si. The maximum Gasteiger partial charge on any atom is 0.407 e. The number of methoxy groups -OCH3 is 1. The Labute approximate surface area is 155 Å². The maximum absolute atomic E-state index is 11.2. The zero-order valence-electron chi connectivity index (χ0n) is 15.3. The van der Waals surface area contributed by atoms with E-state index in [1.165, 1.54) is 13.2 Å². The summed E-state index contributed by atoms with van der Waals surface area (Å²) in [6.07, 6.45) is 2.69. The molecular weight excluding hydrogens is 354 g/mol. The molecule has 5 nitrogen and oxygen atoms in total. The number of carbonyl (C=O) groups is 1. The molecule has 0 saturated carbocycles. The first-order chi connectivity index (χ1) is 11.8. The molecule has 2 aromatic rings. The monoisotopic (exact) mass is 379 g/mol. The van der Waals surface area contributed by atoms with Gasteiger partial charge in [-0.2, -0.15) is 5.10 Å². The third-order valence-corrected chi connectivity index (χ3v) is 6.13. The van der Waals surface area contributed by atoms with Gasteiger partial charge in [-0.25, -0.2) is 4.79 Å². The molecule has 0 spiro atoms. The molecule has 0 radical (unpaired) electrons. The predicted octanol–water partition coefficient (Wildman–Crippen LogP) is 4.79. The fourth-order valence-corrected chi connectivity index (χ4v) is 3.92. The van der Waals surface area contributed by atoms with Gasteiger partial charge in [0.05, 0.1) is 12.8 Å². The van der Waals surface area contributed by atoms with E-state index < -0.39 is 14.2 Å². The van der Waals surface area contributed by atoms with Gasteiger partial charge in [0.1, 0.15) is 0 Å². The maximum atomic E-state index is 11.2. The quantitative estimate of drug-likeness (QED) is 0.703. The Hall–Kier alpha value is -1.79. The number of aromatic nitrogens is 2. The lowest BCUT2D eigenvalue weighted by molar-refractivity contribution is 0.170. The average molecular weight is 380 g/mol. The third kappa shape index (κ3) is 6.21. The highest BCUT2D eigenvalue weighted by Gasteiger charge is 2.12. The number of rotatable bonds is 7. The molecule has 1 aromatic heterocycles. The van der Waals surface area contributed by atoms with Crippen molar-refractivity contribution in [2.45, 2.75) is 45.2 Å². The lowest BCUT2D eigenvalue weighted by atomic mass is 10.1. The summed E-state index contributed by atoms with van der Waals surface area (Å²) in [7, 11) is 0.331. The molecule has 7 heteroatoms. The van der Waals surface area contributed by atoms with E-state index >= 15 is 0 Å². The Morgan fingerprint density at radius 1 is 1.32 bits per heavy atom. The van der Waals surface area contributed by atoms with Crippen molar-refractivity contribution in [1.82, 2.24) is 15.1 Å². The minimum atomic E-state index is -1.00. The molecule has 2 rings (SSSR count). The SMILES string of the molecule is COC(=O)NCc1cc(-c2ccn(CCC[Si](C)(C)C)n2)ccc1Cl. The number of nitrogens with zero attached hydrogens (tertiary/aromatic N) is 2. The van der Waals surface area contributed by atoms with Crippen LogP contribution in [-0.4, -0.2) is 31.1 Å². The highest BCUT2D eigenvalue weighted by Crippen LogP contribution is 2.24. The van der Waals surface area contributed by atoms with Crippen molar-refractivity contribution >= 4 is 25.8 Å². The molecule has 1 heterocycles. The number of carbonyl (C=O) groups excluding carboxylic acids is 1. The smallest absolute Gasteiger partial charge is 0.407 e. The van der Waals surface area contributed by atoms with Gasteiger partial charge in [0.15, 0.2) is 0 Å². The Balaban J connectivity index is 2.05. The highest BCUT2D eigenvalue weighted by molar-refractivity contribution is 6.76. The summed E-state index contributed by atoms with van der Waals surface area (Å²) in [5, 5.41) is 7.91. The predicted molar refractivity (Wildman–Crippen MR) is 105 cm³/mol. The standard InChI is InChI=1S/C18H26ClN3O2Si/c1-24-18(23)20-13-15-12-14(6-7-16(15)19)17-8-10-22(21-17)9-5-11-25(2,3)4/h6-8,10,12H,5,9,11,13H2,1-4H3,(H,20,23). The third-order valence-electron chi connectivity index (χ3n) is 3.90. The van der Waals surface area contributed by atoms with Crippen LogP contribution in [0.1, 0.15) is 12.0 Å². The van der Waals surface area contributed by atoms with E-state index in [4.69, 9.17) is 11.6 Å². The number of nitrogens with one attached hydrogen (secondary N) is 1. The molecule has 25 heavy (non-hydrogen) atoms. The van der Waals surface area contributed by atoms with Crippen molar-refractivity contribution < 1.29 is 9.53 Å². The first-order valence-electron chi connectivity index (χ1n) is 8.42. The van der Waals surface area contributed by atoms with E-state index in [-0.39, 0.29) is 0 Å². The molecule has 1 aromatic carbocycles. The van der Waals surface area contributed by atoms with Gasteiger partial charge < -0.3 is 10.1 Å². The molecule has 0 aliphatic heterocycles. The zero-order chi connectivity index (χ0) is 18.4. The number of amides is 1. The van der Waals surface area contributed by atoms with Crippen LogP contribution in [0.15, 0.2) is 30.5 Å². The number of benzene rings is 1. The van der Waals surface area contributed by atoms with Gasteiger partial charge in [-0.3, -0.25) is 4.68 Å². The zero-order valence-corrected chi connectivity index (χ0v) is 17.1. The molecule has 0 aliphatic rings. The molecule has 0 unspecified atom stereocenters. The van der Waals surface area contributed by atoms with Gasteiger partial charge >= 0.3 is 6.09 Å². The number of halogens is 1. The molecule has 0 saturated heterocycles. The van der Waals surface area contributed by atoms with Gasteiger partial charge in [-0.15, -0.1) is 0 Å². The van der Waals surface area contributed by atoms with Crippen LogP contribution in [0.5, 0.6) is 0 Å². The Morgan fingerprint density at radius 2 is 2.08 bits per heavy atom. The van der Waals surface area contributed by atoms with E-state index in [9.17, 15) is 4.79 Å². The fourth-order valence-electron chi connectivity index (χ4n) is 2.52. The number of hydrogen-bond donors (Lipinski definition) is 1. The Bertz CT molecular complexity index is 725. The lowest BCUT2D eigenvalue weighted by Crippen LogP contribution is -2.22. The number of alkyl carbamates (subject to hydrolysis) is 1. The lowest BCUT2D eigenvalue weighted by Gasteiger charge is -2.14. The molecule has 1 N–H and O–H groups in total. The first kappa shape index (κ1) is 19.5. The van der Waals surface area contributed by atoms with Crippen molar-refractivity contribution in [1.29, 1.82) is 0 Å². The van der Waals surface area contributed by atoms with Crippen molar-refractivity contribution in [3.63, 3.8) is 0 Å². The second-order valence-electron chi connectivity index (χ2n) is 7.28. The number of hydrogen-bond acceptors (Lipinski definition) is 3. The molecule has 0 bridgehead atoms. The minimum Gasteiger partial charge on any atom is -0.453 e. The molecule has 0 aliphatic carbocycles. The van der Waals surface area contributed by atoms with E-state index in [1.807, 2.05) is 35.1 Å². The van der Waals surface area contributed by atoms with E-state index in [0.29, 0.717) is 11.6 Å². The van der Waals surface area contributed by atoms with Crippen LogP contribution in [0.3, 0.4) is 0 Å². The fraction of sp³-hybridized carbons (Fsp3) is 0.444. The average Bonchev–Trinajstić information content (AvgIpc) is 3.01. The Morgan fingerprint density at radius 3 is 2.76 bits per heavy atom. The molecule has 1 amide bonds. The van der Waals surface area contributed by atoms with Gasteiger partial charge in [0, 0.05) is 37.9 Å².